The Labute approximate surface area is 86.9 Å². The number of rotatable bonds is 2. The van der Waals surface area contributed by atoms with Gasteiger partial charge in [0.2, 0.25) is 0 Å². The fraction of sp³-hybridized carbons (Fsp3) is 0.100. The van der Waals surface area contributed by atoms with Crippen molar-refractivity contribution >= 4 is 17.3 Å². The molecule has 0 amide bonds. The molecule has 0 atom stereocenters. The molecule has 0 bridgehead atoms. The van der Waals surface area contributed by atoms with E-state index in [4.69, 9.17) is 17.3 Å². The van der Waals surface area contributed by atoms with Crippen molar-refractivity contribution in [2.24, 2.45) is 0 Å². The second kappa shape index (κ2) is 3.72. The van der Waals surface area contributed by atoms with Gasteiger partial charge >= 0.3 is 0 Å². The molecule has 0 aliphatic heterocycles. The molecular formula is C10H10ClN3. The van der Waals surface area contributed by atoms with E-state index in [1.165, 1.54) is 0 Å². The molecule has 3 nitrogen and oxygen atoms in total. The van der Waals surface area contributed by atoms with Crippen LogP contribution in [0.3, 0.4) is 0 Å². The number of anilines is 1. The van der Waals surface area contributed by atoms with Crippen molar-refractivity contribution in [2.75, 3.05) is 5.73 Å². The van der Waals surface area contributed by atoms with Crippen LogP contribution < -0.4 is 5.73 Å². The van der Waals surface area contributed by atoms with Crippen molar-refractivity contribution in [3.05, 3.63) is 46.7 Å². The van der Waals surface area contributed by atoms with Gasteiger partial charge in [0.1, 0.15) is 0 Å². The molecule has 1 aromatic carbocycles. The van der Waals surface area contributed by atoms with Crippen LogP contribution in [-0.2, 0) is 6.42 Å². The Bertz CT molecular complexity index is 436. The summed E-state index contributed by atoms with van der Waals surface area (Å²) in [5.41, 5.74) is 8.32. The van der Waals surface area contributed by atoms with Gasteiger partial charge in [-0.05, 0) is 11.6 Å². The first kappa shape index (κ1) is 9.09. The summed E-state index contributed by atoms with van der Waals surface area (Å²) in [5.74, 6) is 0. The van der Waals surface area contributed by atoms with Crippen LogP contribution >= 0.6 is 11.6 Å². The molecule has 1 heterocycles. The summed E-state index contributed by atoms with van der Waals surface area (Å²) in [4.78, 5) is 0. The SMILES string of the molecule is Nc1cn[nH]c1Cc1ccccc1Cl. The van der Waals surface area contributed by atoms with E-state index in [0.717, 1.165) is 16.3 Å². The van der Waals surface area contributed by atoms with E-state index in [9.17, 15) is 0 Å². The van der Waals surface area contributed by atoms with Crippen molar-refractivity contribution in [1.82, 2.24) is 10.2 Å². The van der Waals surface area contributed by atoms with Gasteiger partial charge in [0.25, 0.3) is 0 Å². The number of benzene rings is 1. The van der Waals surface area contributed by atoms with Gasteiger partial charge < -0.3 is 5.73 Å². The molecule has 0 unspecified atom stereocenters. The number of hydrogen-bond acceptors (Lipinski definition) is 2. The topological polar surface area (TPSA) is 54.7 Å². The second-order valence-corrected chi connectivity index (χ2v) is 3.48. The molecule has 0 aliphatic carbocycles. The van der Waals surface area contributed by atoms with Crippen molar-refractivity contribution < 1.29 is 0 Å². The lowest BCUT2D eigenvalue weighted by molar-refractivity contribution is 0.997. The number of halogens is 1. The molecule has 0 spiro atoms. The lowest BCUT2D eigenvalue weighted by atomic mass is 10.1. The smallest absolute Gasteiger partial charge is 0.0733 e. The van der Waals surface area contributed by atoms with E-state index in [2.05, 4.69) is 10.2 Å². The number of H-pyrrole nitrogens is 1. The normalized spacial score (nSPS) is 10.4. The van der Waals surface area contributed by atoms with Gasteiger partial charge in [-0.3, -0.25) is 5.10 Å². The van der Waals surface area contributed by atoms with Gasteiger partial charge in [-0.15, -0.1) is 0 Å². The van der Waals surface area contributed by atoms with Crippen LogP contribution in [0.1, 0.15) is 11.3 Å². The molecule has 3 N–H and O–H groups in total. The Morgan fingerprint density at radius 3 is 2.79 bits per heavy atom. The fourth-order valence-electron chi connectivity index (χ4n) is 1.30. The average Bonchev–Trinajstić information content (AvgIpc) is 2.56. The van der Waals surface area contributed by atoms with Gasteiger partial charge in [-0.2, -0.15) is 5.10 Å². The fourth-order valence-corrected chi connectivity index (χ4v) is 1.50. The lowest BCUT2D eigenvalue weighted by Crippen LogP contribution is -1.94. The second-order valence-electron chi connectivity index (χ2n) is 3.07. The highest BCUT2D eigenvalue weighted by Gasteiger charge is 2.04. The van der Waals surface area contributed by atoms with Crippen molar-refractivity contribution in [3.8, 4) is 0 Å². The zero-order valence-electron chi connectivity index (χ0n) is 7.50. The predicted molar refractivity (Wildman–Crippen MR) is 57.3 cm³/mol. The Morgan fingerprint density at radius 1 is 1.36 bits per heavy atom. The Morgan fingerprint density at radius 2 is 2.14 bits per heavy atom. The van der Waals surface area contributed by atoms with Gasteiger partial charge in [0.15, 0.2) is 0 Å². The van der Waals surface area contributed by atoms with Crippen molar-refractivity contribution in [2.45, 2.75) is 6.42 Å². The number of aromatic amines is 1. The number of nitrogens with one attached hydrogen (secondary N) is 1. The molecule has 14 heavy (non-hydrogen) atoms. The van der Waals surface area contributed by atoms with Crippen LogP contribution in [0.2, 0.25) is 5.02 Å². The maximum atomic E-state index is 6.02. The highest BCUT2D eigenvalue weighted by atomic mass is 35.5. The molecule has 0 aliphatic rings. The largest absolute Gasteiger partial charge is 0.396 e. The molecule has 2 rings (SSSR count). The third-order valence-corrected chi connectivity index (χ3v) is 2.45. The van der Waals surface area contributed by atoms with Crippen LogP contribution in [0.5, 0.6) is 0 Å². The molecule has 0 saturated carbocycles. The monoisotopic (exact) mass is 207 g/mol. The predicted octanol–water partition coefficient (Wildman–Crippen LogP) is 2.24. The van der Waals surface area contributed by atoms with E-state index in [0.29, 0.717) is 12.1 Å². The Balaban J connectivity index is 2.28. The van der Waals surface area contributed by atoms with E-state index < -0.39 is 0 Å². The van der Waals surface area contributed by atoms with Gasteiger partial charge in [-0.25, -0.2) is 0 Å². The van der Waals surface area contributed by atoms with Crippen molar-refractivity contribution in [3.63, 3.8) is 0 Å². The molecule has 4 heteroatoms. The van der Waals surface area contributed by atoms with Crippen LogP contribution in [0, 0.1) is 0 Å². The van der Waals surface area contributed by atoms with Crippen LogP contribution in [-0.4, -0.2) is 10.2 Å². The maximum Gasteiger partial charge on any atom is 0.0733 e. The number of hydrogen-bond donors (Lipinski definition) is 2. The summed E-state index contributed by atoms with van der Waals surface area (Å²) in [5, 5.41) is 7.45. The molecule has 0 radical (unpaired) electrons. The lowest BCUT2D eigenvalue weighted by Gasteiger charge is -2.02. The molecular weight excluding hydrogens is 198 g/mol. The minimum atomic E-state index is 0.671. The highest BCUT2D eigenvalue weighted by Crippen LogP contribution is 2.20. The molecule has 2 aromatic rings. The molecule has 72 valence electrons. The zero-order valence-corrected chi connectivity index (χ0v) is 8.25. The van der Waals surface area contributed by atoms with Gasteiger partial charge in [0, 0.05) is 11.4 Å². The average molecular weight is 208 g/mol. The minimum absolute atomic E-state index is 0.671. The number of aromatic nitrogens is 2. The summed E-state index contributed by atoms with van der Waals surface area (Å²) < 4.78 is 0. The van der Waals surface area contributed by atoms with E-state index in [1.807, 2.05) is 24.3 Å². The third-order valence-electron chi connectivity index (χ3n) is 2.08. The van der Waals surface area contributed by atoms with Crippen LogP contribution in [0.15, 0.2) is 30.5 Å². The quantitative estimate of drug-likeness (QED) is 0.794. The number of nitrogen functional groups attached to an aromatic ring is 1. The highest BCUT2D eigenvalue weighted by molar-refractivity contribution is 6.31. The van der Waals surface area contributed by atoms with Crippen LogP contribution in [0.25, 0.3) is 0 Å². The van der Waals surface area contributed by atoms with Gasteiger partial charge in [0.05, 0.1) is 17.6 Å². The minimum Gasteiger partial charge on any atom is -0.396 e. The first-order valence-electron chi connectivity index (χ1n) is 4.28. The summed E-state index contributed by atoms with van der Waals surface area (Å²) in [6.45, 7) is 0. The third kappa shape index (κ3) is 1.72. The van der Waals surface area contributed by atoms with Gasteiger partial charge in [-0.1, -0.05) is 29.8 Å². The van der Waals surface area contributed by atoms with Crippen LogP contribution in [0.4, 0.5) is 5.69 Å². The maximum absolute atomic E-state index is 6.02. The van der Waals surface area contributed by atoms with Crippen molar-refractivity contribution in [1.29, 1.82) is 0 Å². The van der Waals surface area contributed by atoms with E-state index in [-0.39, 0.29) is 0 Å². The molecule has 1 aromatic heterocycles. The summed E-state index contributed by atoms with van der Waals surface area (Å²) in [6, 6.07) is 7.70. The van der Waals surface area contributed by atoms with E-state index in [1.54, 1.807) is 6.20 Å². The molecule has 0 fully saturated rings. The first-order valence-corrected chi connectivity index (χ1v) is 4.66. The summed E-state index contributed by atoms with van der Waals surface area (Å²) in [7, 11) is 0. The zero-order chi connectivity index (χ0) is 9.97. The Hall–Kier alpha value is -1.48. The first-order chi connectivity index (χ1) is 6.77. The molecule has 0 saturated heterocycles. The summed E-state index contributed by atoms with van der Waals surface area (Å²) in [6.07, 6.45) is 2.29. The Kier molecular flexibility index (Phi) is 2.41. The number of nitrogens with two attached hydrogens (primary N) is 1. The van der Waals surface area contributed by atoms with E-state index >= 15 is 0 Å². The summed E-state index contributed by atoms with van der Waals surface area (Å²) >= 11 is 6.02. The number of nitrogens with zero attached hydrogens (tertiary/aromatic N) is 1. The standard InChI is InChI=1S/C10H10ClN3/c11-8-4-2-1-3-7(8)5-10-9(12)6-13-14-10/h1-4,6H,5,12H2,(H,13,14).